The summed E-state index contributed by atoms with van der Waals surface area (Å²) in [7, 11) is 1.46. The molecule has 0 bridgehead atoms. The van der Waals surface area contributed by atoms with Gasteiger partial charge in [-0.3, -0.25) is 9.59 Å². The number of aromatic hydroxyl groups is 1. The molecule has 0 radical (unpaired) electrons. The van der Waals surface area contributed by atoms with Crippen LogP contribution >= 0.6 is 0 Å². The zero-order valence-electron chi connectivity index (χ0n) is 26.7. The number of benzene rings is 2. The summed E-state index contributed by atoms with van der Waals surface area (Å²) in [5.41, 5.74) is 0.925. The minimum absolute atomic E-state index is 0.0241. The lowest BCUT2D eigenvalue weighted by Crippen LogP contribution is -2.58. The second-order valence-electron chi connectivity index (χ2n) is 13.2. The Morgan fingerprint density at radius 1 is 0.860 bits per heavy atom. The molecule has 3 amide bonds. The Morgan fingerprint density at radius 3 is 1.95 bits per heavy atom. The number of carbonyl (C=O) groups is 4. The first-order valence-corrected chi connectivity index (χ1v) is 14.5. The smallest absolute Gasteiger partial charge is 0.408 e. The Hall–Kier alpha value is -4.08. The Kier molecular flexibility index (Phi) is 11.8. The minimum Gasteiger partial charge on any atom is -0.508 e. The van der Waals surface area contributed by atoms with Gasteiger partial charge in [-0.2, -0.15) is 0 Å². The quantitative estimate of drug-likeness (QED) is 0.300. The number of phenolic OH excluding ortho intramolecular Hbond substituents is 1. The average Bonchev–Trinajstić information content (AvgIpc) is 2.87. The highest BCUT2D eigenvalue weighted by Crippen LogP contribution is 2.31. The summed E-state index contributed by atoms with van der Waals surface area (Å²) >= 11 is 0. The maximum Gasteiger partial charge on any atom is 0.408 e. The highest BCUT2D eigenvalue weighted by Gasteiger charge is 2.36. The van der Waals surface area contributed by atoms with Gasteiger partial charge in [-0.15, -0.1) is 0 Å². The Labute approximate surface area is 254 Å². The molecule has 2 aromatic rings. The number of rotatable bonds is 11. The van der Waals surface area contributed by atoms with Crippen molar-refractivity contribution in [3.05, 3.63) is 65.2 Å². The molecule has 0 saturated carbocycles. The van der Waals surface area contributed by atoms with Gasteiger partial charge in [0.1, 0.15) is 29.5 Å². The fourth-order valence-corrected chi connectivity index (χ4v) is 4.81. The number of alkyl carbamates (subject to hydrolysis) is 1. The number of hydrogen-bond acceptors (Lipinski definition) is 6. The van der Waals surface area contributed by atoms with Gasteiger partial charge in [0.2, 0.25) is 11.8 Å². The number of ether oxygens (including phenoxy) is 1. The van der Waals surface area contributed by atoms with E-state index in [0.29, 0.717) is 11.1 Å². The number of carboxylic acids is 1. The van der Waals surface area contributed by atoms with Crippen molar-refractivity contribution in [3.8, 4) is 5.75 Å². The molecule has 0 aliphatic rings. The molecule has 0 unspecified atom stereocenters. The van der Waals surface area contributed by atoms with Crippen molar-refractivity contribution in [2.75, 3.05) is 7.05 Å². The van der Waals surface area contributed by atoms with Crippen LogP contribution in [0.5, 0.6) is 5.75 Å². The van der Waals surface area contributed by atoms with Gasteiger partial charge in [0.15, 0.2) is 0 Å². The van der Waals surface area contributed by atoms with Crippen molar-refractivity contribution in [3.63, 3.8) is 0 Å². The van der Waals surface area contributed by atoms with Crippen LogP contribution in [0.4, 0.5) is 4.79 Å². The molecule has 0 heterocycles. The van der Waals surface area contributed by atoms with Gasteiger partial charge in [0, 0.05) is 19.9 Å². The summed E-state index contributed by atoms with van der Waals surface area (Å²) in [6.07, 6.45) is -0.635. The van der Waals surface area contributed by atoms with Crippen molar-refractivity contribution < 1.29 is 34.1 Å². The number of amides is 3. The van der Waals surface area contributed by atoms with Crippen molar-refractivity contribution in [1.29, 1.82) is 0 Å². The molecule has 4 N–H and O–H groups in total. The minimum atomic E-state index is -1.28. The standard InChI is InChI=1S/C33H47N3O7/c1-20(2)27(28(38)34-25(30(40)41)19-22-15-16-26(37)23(17-22)32(3,4)5)36(9)29(39)24(18-21-13-11-10-12-14-21)35-31(42)43-33(6,7)8/h10-17,20,24-25,27,37H,18-19H2,1-9H3,(H,34,38)(H,35,42)(H,40,41)/t24-,25-,27-/m0/s1. The van der Waals surface area contributed by atoms with Crippen molar-refractivity contribution >= 4 is 23.9 Å². The molecule has 3 atom stereocenters. The third-order valence-corrected chi connectivity index (χ3v) is 6.86. The van der Waals surface area contributed by atoms with Crippen molar-refractivity contribution in [2.24, 2.45) is 5.92 Å². The zero-order valence-corrected chi connectivity index (χ0v) is 26.7. The van der Waals surface area contributed by atoms with Gasteiger partial charge in [0.05, 0.1) is 0 Å². The first kappa shape index (κ1) is 35.1. The zero-order chi connectivity index (χ0) is 32.7. The summed E-state index contributed by atoms with van der Waals surface area (Å²) in [5, 5.41) is 25.5. The molecule has 0 spiro atoms. The number of nitrogens with one attached hydrogen (secondary N) is 2. The van der Waals surface area contributed by atoms with Crippen LogP contribution in [0.1, 0.15) is 72.1 Å². The lowest BCUT2D eigenvalue weighted by molar-refractivity contribution is -0.145. The summed E-state index contributed by atoms with van der Waals surface area (Å²) in [6, 6.07) is 10.7. The highest BCUT2D eigenvalue weighted by atomic mass is 16.6. The number of likely N-dealkylation sites (N-methyl/N-ethyl adjacent to an activating group) is 1. The molecule has 0 aliphatic heterocycles. The Balaban J connectivity index is 2.31. The molecule has 0 aliphatic carbocycles. The Bertz CT molecular complexity index is 1280. The van der Waals surface area contributed by atoms with E-state index >= 15 is 0 Å². The van der Waals surface area contributed by atoms with Crippen LogP contribution < -0.4 is 10.6 Å². The van der Waals surface area contributed by atoms with E-state index in [0.717, 1.165) is 5.56 Å². The lowest BCUT2D eigenvalue weighted by Gasteiger charge is -2.34. The van der Waals surface area contributed by atoms with Gasteiger partial charge in [-0.1, -0.05) is 77.1 Å². The van der Waals surface area contributed by atoms with Crippen LogP contribution in [0.15, 0.2) is 48.5 Å². The first-order valence-electron chi connectivity index (χ1n) is 14.5. The van der Waals surface area contributed by atoms with Crippen molar-refractivity contribution in [2.45, 2.75) is 97.4 Å². The van der Waals surface area contributed by atoms with E-state index in [9.17, 15) is 29.4 Å². The van der Waals surface area contributed by atoms with Gasteiger partial charge in [0.25, 0.3) is 0 Å². The molecule has 2 rings (SSSR count). The number of aliphatic carboxylic acids is 1. The van der Waals surface area contributed by atoms with E-state index in [1.807, 2.05) is 51.1 Å². The second-order valence-corrected chi connectivity index (χ2v) is 13.2. The summed E-state index contributed by atoms with van der Waals surface area (Å²) in [4.78, 5) is 53.5. The summed E-state index contributed by atoms with van der Waals surface area (Å²) in [6.45, 7) is 14.5. The fraction of sp³-hybridized carbons (Fsp3) is 0.515. The monoisotopic (exact) mass is 597 g/mol. The predicted molar refractivity (Wildman–Crippen MR) is 165 cm³/mol. The van der Waals surface area contributed by atoms with Gasteiger partial charge >= 0.3 is 12.1 Å². The maximum absolute atomic E-state index is 13.8. The highest BCUT2D eigenvalue weighted by molar-refractivity contribution is 5.93. The number of nitrogens with zero attached hydrogens (tertiary/aromatic N) is 1. The maximum atomic E-state index is 13.8. The third-order valence-electron chi connectivity index (χ3n) is 6.86. The topological polar surface area (TPSA) is 145 Å². The van der Waals surface area contributed by atoms with E-state index in [1.165, 1.54) is 18.0 Å². The molecule has 2 aromatic carbocycles. The van der Waals surface area contributed by atoms with Gasteiger partial charge < -0.3 is 30.5 Å². The lowest BCUT2D eigenvalue weighted by atomic mass is 9.84. The largest absolute Gasteiger partial charge is 0.508 e. The van der Waals surface area contributed by atoms with E-state index < -0.39 is 47.6 Å². The molecule has 10 nitrogen and oxygen atoms in total. The van der Waals surface area contributed by atoms with E-state index in [2.05, 4.69) is 10.6 Å². The molecule has 43 heavy (non-hydrogen) atoms. The molecule has 0 saturated heterocycles. The second kappa shape index (κ2) is 14.4. The van der Waals surface area contributed by atoms with Crippen LogP contribution in [0.3, 0.4) is 0 Å². The van der Waals surface area contributed by atoms with Crippen molar-refractivity contribution in [1.82, 2.24) is 15.5 Å². The predicted octanol–water partition coefficient (Wildman–Crippen LogP) is 4.42. The van der Waals surface area contributed by atoms with Crippen LogP contribution in [0.2, 0.25) is 0 Å². The molecule has 236 valence electrons. The summed E-state index contributed by atoms with van der Waals surface area (Å²) < 4.78 is 5.38. The van der Waals surface area contributed by atoms with Crippen LogP contribution in [0, 0.1) is 5.92 Å². The number of hydrogen-bond donors (Lipinski definition) is 4. The van der Waals surface area contributed by atoms with Gasteiger partial charge in [-0.25, -0.2) is 9.59 Å². The van der Waals surface area contributed by atoms with E-state index in [-0.39, 0.29) is 29.9 Å². The first-order chi connectivity index (χ1) is 19.8. The number of carbonyl (C=O) groups excluding carboxylic acids is 3. The molecule has 0 fully saturated rings. The van der Waals surface area contributed by atoms with Crippen LogP contribution in [0.25, 0.3) is 0 Å². The molecular formula is C33H47N3O7. The molecule has 10 heteroatoms. The third kappa shape index (κ3) is 10.6. The normalized spacial score (nSPS) is 13.9. The fourth-order valence-electron chi connectivity index (χ4n) is 4.81. The summed E-state index contributed by atoms with van der Waals surface area (Å²) in [5.74, 6) is -2.67. The number of phenols is 1. The van der Waals surface area contributed by atoms with Crippen LogP contribution in [-0.2, 0) is 37.4 Å². The SMILES string of the molecule is CC(C)[C@@H](C(=O)N[C@@H](Cc1ccc(O)c(C(C)(C)C)c1)C(=O)O)N(C)C(=O)[C@H](Cc1ccccc1)NC(=O)OC(C)(C)C. The van der Waals surface area contributed by atoms with E-state index in [1.54, 1.807) is 46.8 Å². The number of carboxylic acid groups (broad SMARTS) is 1. The van der Waals surface area contributed by atoms with Crippen LogP contribution in [-0.4, -0.2) is 69.8 Å². The average molecular weight is 598 g/mol. The van der Waals surface area contributed by atoms with E-state index in [4.69, 9.17) is 4.74 Å². The molecule has 0 aromatic heterocycles. The molecular weight excluding hydrogens is 550 g/mol. The van der Waals surface area contributed by atoms with Gasteiger partial charge in [-0.05, 0) is 54.9 Å². The Morgan fingerprint density at radius 2 is 1.44 bits per heavy atom.